The SMILES string of the molecule is CC12CCC(/C(=C(/O)C(=O)O)C1=O)C2(C)C. The van der Waals surface area contributed by atoms with Gasteiger partial charge in [-0.1, -0.05) is 20.8 Å². The molecule has 2 fully saturated rings. The van der Waals surface area contributed by atoms with Gasteiger partial charge in [0, 0.05) is 11.0 Å². The minimum absolute atomic E-state index is 0.124. The standard InChI is InChI=1S/C12H16O4/c1-11(2)6-4-5-12(11,3)9(14)7(6)8(13)10(15)16/h6,13H,4-5H2,1-3H3,(H,15,16)/b8-7-. The van der Waals surface area contributed by atoms with Gasteiger partial charge in [0.15, 0.2) is 5.78 Å². The number of carbonyl (C=O) groups is 2. The van der Waals surface area contributed by atoms with Crippen LogP contribution in [0.5, 0.6) is 0 Å². The Hall–Kier alpha value is -1.32. The summed E-state index contributed by atoms with van der Waals surface area (Å²) in [7, 11) is 0. The Morgan fingerprint density at radius 2 is 1.88 bits per heavy atom. The molecule has 88 valence electrons. The number of ketones is 1. The van der Waals surface area contributed by atoms with Crippen molar-refractivity contribution in [3.8, 4) is 0 Å². The molecule has 0 heterocycles. The zero-order chi connectivity index (χ0) is 12.3. The molecule has 2 bridgehead atoms. The van der Waals surface area contributed by atoms with Crippen molar-refractivity contribution in [1.29, 1.82) is 0 Å². The maximum Gasteiger partial charge on any atom is 0.371 e. The van der Waals surface area contributed by atoms with Gasteiger partial charge in [0.2, 0.25) is 5.76 Å². The molecular weight excluding hydrogens is 208 g/mol. The highest BCUT2D eigenvalue weighted by atomic mass is 16.4. The fraction of sp³-hybridized carbons (Fsp3) is 0.667. The summed E-state index contributed by atoms with van der Waals surface area (Å²) in [4.78, 5) is 22.9. The predicted molar refractivity (Wildman–Crippen MR) is 56.9 cm³/mol. The molecule has 0 aliphatic heterocycles. The quantitative estimate of drug-likeness (QED) is 0.527. The fourth-order valence-corrected chi connectivity index (χ4v) is 3.26. The van der Waals surface area contributed by atoms with Gasteiger partial charge in [-0.2, -0.15) is 0 Å². The number of aliphatic carboxylic acids is 1. The summed E-state index contributed by atoms with van der Waals surface area (Å²) in [6.45, 7) is 5.83. The van der Waals surface area contributed by atoms with E-state index in [9.17, 15) is 14.7 Å². The third kappa shape index (κ3) is 0.996. The van der Waals surface area contributed by atoms with Crippen LogP contribution in [-0.4, -0.2) is 22.0 Å². The van der Waals surface area contributed by atoms with Crippen LogP contribution in [0, 0.1) is 16.7 Å². The number of rotatable bonds is 1. The lowest BCUT2D eigenvalue weighted by atomic mass is 9.70. The molecule has 4 heteroatoms. The number of aliphatic hydroxyl groups excluding tert-OH is 1. The van der Waals surface area contributed by atoms with Crippen molar-refractivity contribution in [2.45, 2.75) is 33.6 Å². The van der Waals surface area contributed by atoms with E-state index in [2.05, 4.69) is 0 Å². The van der Waals surface area contributed by atoms with E-state index in [1.165, 1.54) is 0 Å². The van der Waals surface area contributed by atoms with Gasteiger partial charge in [0.05, 0.1) is 0 Å². The molecule has 2 rings (SSSR count). The Balaban J connectivity index is 2.61. The molecule has 4 nitrogen and oxygen atoms in total. The van der Waals surface area contributed by atoms with Gasteiger partial charge in [-0.25, -0.2) is 4.79 Å². The Morgan fingerprint density at radius 1 is 1.31 bits per heavy atom. The molecule has 2 aliphatic rings. The number of carbonyl (C=O) groups excluding carboxylic acids is 1. The second-order valence-corrected chi connectivity index (χ2v) is 5.54. The maximum absolute atomic E-state index is 12.2. The summed E-state index contributed by atoms with van der Waals surface area (Å²) in [5.41, 5.74) is -0.648. The first-order chi connectivity index (χ1) is 7.23. The van der Waals surface area contributed by atoms with Crippen LogP contribution in [0.4, 0.5) is 0 Å². The van der Waals surface area contributed by atoms with Gasteiger partial charge in [0.1, 0.15) is 0 Å². The van der Waals surface area contributed by atoms with Gasteiger partial charge in [0.25, 0.3) is 0 Å². The fourth-order valence-electron chi connectivity index (χ4n) is 3.26. The summed E-state index contributed by atoms with van der Waals surface area (Å²) in [5, 5.41) is 18.3. The summed E-state index contributed by atoms with van der Waals surface area (Å²) < 4.78 is 0. The monoisotopic (exact) mass is 224 g/mol. The lowest BCUT2D eigenvalue weighted by molar-refractivity contribution is -0.136. The van der Waals surface area contributed by atoms with Gasteiger partial charge < -0.3 is 10.2 Å². The zero-order valence-electron chi connectivity index (χ0n) is 9.70. The van der Waals surface area contributed by atoms with E-state index >= 15 is 0 Å². The molecule has 0 spiro atoms. The van der Waals surface area contributed by atoms with E-state index in [4.69, 9.17) is 5.11 Å². The maximum atomic E-state index is 12.2. The molecule has 2 aliphatic carbocycles. The zero-order valence-corrected chi connectivity index (χ0v) is 9.70. The molecule has 0 saturated heterocycles. The summed E-state index contributed by atoms with van der Waals surface area (Å²) >= 11 is 0. The summed E-state index contributed by atoms with van der Waals surface area (Å²) in [5.74, 6) is -2.48. The van der Waals surface area contributed by atoms with Gasteiger partial charge in [-0.3, -0.25) is 4.79 Å². The number of fused-ring (bicyclic) bond motifs is 2. The van der Waals surface area contributed by atoms with Crippen molar-refractivity contribution in [3.05, 3.63) is 11.3 Å². The van der Waals surface area contributed by atoms with E-state index in [0.717, 1.165) is 12.8 Å². The van der Waals surface area contributed by atoms with Crippen LogP contribution in [0.3, 0.4) is 0 Å². The molecule has 0 radical (unpaired) electrons. The molecule has 2 atom stereocenters. The van der Waals surface area contributed by atoms with Crippen LogP contribution in [0.25, 0.3) is 0 Å². The molecule has 0 amide bonds. The lowest BCUT2D eigenvalue weighted by Gasteiger charge is -2.31. The minimum atomic E-state index is -1.41. The van der Waals surface area contributed by atoms with E-state index in [1.807, 2.05) is 20.8 Å². The van der Waals surface area contributed by atoms with Crippen LogP contribution in [0.15, 0.2) is 11.3 Å². The van der Waals surface area contributed by atoms with Crippen molar-refractivity contribution < 1.29 is 19.8 Å². The second kappa shape index (κ2) is 2.87. The third-order valence-corrected chi connectivity index (χ3v) is 4.78. The van der Waals surface area contributed by atoms with Crippen LogP contribution >= 0.6 is 0 Å². The van der Waals surface area contributed by atoms with Crippen molar-refractivity contribution in [1.82, 2.24) is 0 Å². The highest BCUT2D eigenvalue weighted by Gasteiger charge is 2.65. The van der Waals surface area contributed by atoms with Gasteiger partial charge in [-0.05, 0) is 24.2 Å². The molecular formula is C12H16O4. The number of hydrogen-bond acceptors (Lipinski definition) is 3. The Morgan fingerprint density at radius 3 is 2.25 bits per heavy atom. The number of carboxylic acids is 1. The number of aliphatic hydroxyl groups is 1. The lowest BCUT2D eigenvalue weighted by Crippen LogP contribution is -2.32. The van der Waals surface area contributed by atoms with Crippen LogP contribution < -0.4 is 0 Å². The molecule has 2 saturated carbocycles. The van der Waals surface area contributed by atoms with Gasteiger partial charge in [-0.15, -0.1) is 0 Å². The van der Waals surface area contributed by atoms with E-state index in [-0.39, 0.29) is 22.7 Å². The van der Waals surface area contributed by atoms with Crippen LogP contribution in [0.2, 0.25) is 0 Å². The topological polar surface area (TPSA) is 74.6 Å². The first-order valence-corrected chi connectivity index (χ1v) is 5.44. The van der Waals surface area contributed by atoms with Crippen molar-refractivity contribution in [2.24, 2.45) is 16.7 Å². The van der Waals surface area contributed by atoms with Crippen LogP contribution in [0.1, 0.15) is 33.6 Å². The normalized spacial score (nSPS) is 38.9. The average molecular weight is 224 g/mol. The number of allylic oxidation sites excluding steroid dienone is 1. The largest absolute Gasteiger partial charge is 0.502 e. The van der Waals surface area contributed by atoms with Crippen molar-refractivity contribution in [3.63, 3.8) is 0 Å². The Labute approximate surface area is 94.0 Å². The van der Waals surface area contributed by atoms with E-state index < -0.39 is 17.1 Å². The first kappa shape index (κ1) is 11.2. The molecule has 0 aromatic rings. The highest BCUT2D eigenvalue weighted by molar-refractivity contribution is 6.09. The first-order valence-electron chi connectivity index (χ1n) is 5.44. The Kier molecular flexibility index (Phi) is 2.00. The molecule has 2 unspecified atom stereocenters. The molecule has 16 heavy (non-hydrogen) atoms. The van der Waals surface area contributed by atoms with E-state index in [1.54, 1.807) is 0 Å². The smallest absolute Gasteiger partial charge is 0.371 e. The van der Waals surface area contributed by atoms with E-state index in [0.29, 0.717) is 0 Å². The highest BCUT2D eigenvalue weighted by Crippen LogP contribution is 2.65. The molecule has 2 N–H and O–H groups in total. The predicted octanol–water partition coefficient (Wildman–Crippen LogP) is 1.91. The second-order valence-electron chi connectivity index (χ2n) is 5.54. The Bertz CT molecular complexity index is 419. The third-order valence-electron chi connectivity index (χ3n) is 4.78. The van der Waals surface area contributed by atoms with Crippen LogP contribution in [-0.2, 0) is 9.59 Å². The molecule has 0 aromatic carbocycles. The minimum Gasteiger partial charge on any atom is -0.502 e. The average Bonchev–Trinajstić information content (AvgIpc) is 2.48. The number of carboxylic acid groups (broad SMARTS) is 1. The van der Waals surface area contributed by atoms with Crippen molar-refractivity contribution in [2.75, 3.05) is 0 Å². The summed E-state index contributed by atoms with van der Waals surface area (Å²) in [6, 6.07) is 0. The van der Waals surface area contributed by atoms with Gasteiger partial charge >= 0.3 is 5.97 Å². The molecule has 0 aromatic heterocycles. The number of hydrogen-bond donors (Lipinski definition) is 2. The number of Topliss-reactive ketones (excluding diaryl/α,β-unsaturated/α-hetero) is 1. The van der Waals surface area contributed by atoms with Crippen molar-refractivity contribution >= 4 is 11.8 Å². The summed E-state index contributed by atoms with van der Waals surface area (Å²) in [6.07, 6.45) is 1.56.